The van der Waals surface area contributed by atoms with Crippen molar-refractivity contribution in [2.45, 2.75) is 65.5 Å². The Morgan fingerprint density at radius 1 is 0.929 bits per heavy atom. The average Bonchev–Trinajstić information content (AvgIpc) is 2.94. The molecule has 3 aromatic rings. The molecule has 7 nitrogen and oxygen atoms in total. The van der Waals surface area contributed by atoms with Crippen molar-refractivity contribution in [3.05, 3.63) is 99.5 Å². The molecule has 0 aromatic heterocycles. The fourth-order valence-electron chi connectivity index (χ4n) is 4.86. The quantitative estimate of drug-likeness (QED) is 0.199. The second-order valence-corrected chi connectivity index (χ2v) is 13.6. The van der Waals surface area contributed by atoms with Crippen molar-refractivity contribution in [3.8, 4) is 0 Å². The van der Waals surface area contributed by atoms with Crippen LogP contribution >= 0.6 is 15.9 Å². The van der Waals surface area contributed by atoms with Gasteiger partial charge in [-0.05, 0) is 67.1 Å². The number of carbonyl (C=O) groups is 2. The zero-order valence-electron chi connectivity index (χ0n) is 25.0. The van der Waals surface area contributed by atoms with Crippen LogP contribution in [0.15, 0.2) is 77.3 Å². The van der Waals surface area contributed by atoms with Crippen LogP contribution in [-0.2, 0) is 32.6 Å². The Kier molecular flexibility index (Phi) is 12.6. The fourth-order valence-corrected chi connectivity index (χ4v) is 6.32. The smallest absolute Gasteiger partial charge is 0.243 e. The standard InChI is InChI=1S/C33H42BrN3O4S/c1-5-6-19-35-33(39)31(23-27-12-8-7-9-13-27)36(24-28-14-10-15-29(34)22-28)32(38)16-11-20-37(42(4,40)41)30-21-25(2)17-18-26(30)3/h7-10,12-15,17-18,21-22,31H,5-6,11,16,19-20,23-24H2,1-4H3,(H,35,39)/t31-/m1/s1. The molecule has 0 saturated carbocycles. The second kappa shape index (κ2) is 15.9. The van der Waals surface area contributed by atoms with Crippen molar-refractivity contribution in [1.82, 2.24) is 10.2 Å². The molecule has 0 aliphatic rings. The number of halogens is 1. The van der Waals surface area contributed by atoms with E-state index in [0.29, 0.717) is 25.1 Å². The minimum atomic E-state index is -3.57. The monoisotopic (exact) mass is 655 g/mol. The Balaban J connectivity index is 1.89. The number of anilines is 1. The fraction of sp³-hybridized carbons (Fsp3) is 0.394. The summed E-state index contributed by atoms with van der Waals surface area (Å²) in [6.45, 7) is 6.82. The molecule has 1 N–H and O–H groups in total. The van der Waals surface area contributed by atoms with Gasteiger partial charge in [0, 0.05) is 36.9 Å². The van der Waals surface area contributed by atoms with Crippen LogP contribution in [0.5, 0.6) is 0 Å². The number of amides is 2. The highest BCUT2D eigenvalue weighted by molar-refractivity contribution is 9.10. The predicted octanol–water partition coefficient (Wildman–Crippen LogP) is 6.17. The number of aryl methyl sites for hydroxylation is 2. The summed E-state index contributed by atoms with van der Waals surface area (Å²) in [5, 5.41) is 3.03. The third kappa shape index (κ3) is 9.98. The molecule has 1 atom stereocenters. The van der Waals surface area contributed by atoms with Gasteiger partial charge >= 0.3 is 0 Å². The summed E-state index contributed by atoms with van der Waals surface area (Å²) in [6, 6.07) is 22.4. The number of hydrogen-bond acceptors (Lipinski definition) is 4. The Morgan fingerprint density at radius 3 is 2.31 bits per heavy atom. The third-order valence-electron chi connectivity index (χ3n) is 7.13. The second-order valence-electron chi connectivity index (χ2n) is 10.7. The van der Waals surface area contributed by atoms with E-state index in [0.717, 1.165) is 39.6 Å². The van der Waals surface area contributed by atoms with Gasteiger partial charge in [-0.15, -0.1) is 0 Å². The van der Waals surface area contributed by atoms with E-state index in [2.05, 4.69) is 28.2 Å². The first-order chi connectivity index (χ1) is 20.0. The number of unbranched alkanes of at least 4 members (excludes halogenated alkanes) is 1. The van der Waals surface area contributed by atoms with E-state index in [-0.39, 0.29) is 31.3 Å². The van der Waals surface area contributed by atoms with Crippen molar-refractivity contribution < 1.29 is 18.0 Å². The highest BCUT2D eigenvalue weighted by Crippen LogP contribution is 2.25. The lowest BCUT2D eigenvalue weighted by Crippen LogP contribution is -2.50. The van der Waals surface area contributed by atoms with E-state index in [9.17, 15) is 18.0 Å². The number of nitrogens with one attached hydrogen (secondary N) is 1. The Hall–Kier alpha value is -3.17. The summed E-state index contributed by atoms with van der Waals surface area (Å²) >= 11 is 3.52. The van der Waals surface area contributed by atoms with Crippen LogP contribution in [0.4, 0.5) is 5.69 Å². The van der Waals surface area contributed by atoms with Gasteiger partial charge in [0.2, 0.25) is 21.8 Å². The van der Waals surface area contributed by atoms with Crippen molar-refractivity contribution in [1.29, 1.82) is 0 Å². The van der Waals surface area contributed by atoms with Crippen molar-refractivity contribution in [3.63, 3.8) is 0 Å². The summed E-state index contributed by atoms with van der Waals surface area (Å²) in [7, 11) is -3.57. The minimum absolute atomic E-state index is 0.0957. The molecule has 9 heteroatoms. The van der Waals surface area contributed by atoms with Gasteiger partial charge < -0.3 is 10.2 Å². The van der Waals surface area contributed by atoms with Crippen molar-refractivity contribution >= 4 is 43.5 Å². The predicted molar refractivity (Wildman–Crippen MR) is 174 cm³/mol. The highest BCUT2D eigenvalue weighted by atomic mass is 79.9. The Morgan fingerprint density at radius 2 is 1.64 bits per heavy atom. The van der Waals surface area contributed by atoms with Gasteiger partial charge in [-0.25, -0.2) is 8.42 Å². The van der Waals surface area contributed by atoms with E-state index in [1.165, 1.54) is 10.6 Å². The lowest BCUT2D eigenvalue weighted by molar-refractivity contribution is -0.141. The molecule has 0 saturated heterocycles. The topological polar surface area (TPSA) is 86.8 Å². The normalized spacial score (nSPS) is 12.0. The minimum Gasteiger partial charge on any atom is -0.354 e. The maximum absolute atomic E-state index is 14.0. The van der Waals surface area contributed by atoms with Crippen LogP contribution in [0.3, 0.4) is 0 Å². The van der Waals surface area contributed by atoms with E-state index in [1.54, 1.807) is 4.90 Å². The first kappa shape index (κ1) is 33.3. The molecule has 0 heterocycles. The van der Waals surface area contributed by atoms with Crippen LogP contribution in [-0.4, -0.2) is 50.5 Å². The highest BCUT2D eigenvalue weighted by Gasteiger charge is 2.30. The zero-order valence-corrected chi connectivity index (χ0v) is 27.4. The molecule has 0 unspecified atom stereocenters. The molecule has 3 rings (SSSR count). The zero-order chi connectivity index (χ0) is 30.7. The Bertz CT molecular complexity index is 1450. The van der Waals surface area contributed by atoms with E-state index >= 15 is 0 Å². The number of benzene rings is 3. The summed E-state index contributed by atoms with van der Waals surface area (Å²) < 4.78 is 27.8. The van der Waals surface area contributed by atoms with Crippen LogP contribution in [0.2, 0.25) is 0 Å². The number of sulfonamides is 1. The molecule has 0 fully saturated rings. The molecule has 226 valence electrons. The summed E-state index contributed by atoms with van der Waals surface area (Å²) in [5.41, 5.74) is 4.27. The van der Waals surface area contributed by atoms with Gasteiger partial charge in [-0.2, -0.15) is 0 Å². The van der Waals surface area contributed by atoms with E-state index < -0.39 is 16.1 Å². The average molecular weight is 657 g/mol. The number of carbonyl (C=O) groups excluding carboxylic acids is 2. The largest absolute Gasteiger partial charge is 0.354 e. The van der Waals surface area contributed by atoms with Crippen LogP contribution in [0, 0.1) is 13.8 Å². The molecule has 0 aliphatic carbocycles. The van der Waals surface area contributed by atoms with E-state index in [4.69, 9.17) is 0 Å². The molecule has 0 radical (unpaired) electrons. The molecular formula is C33H42BrN3O4S. The summed E-state index contributed by atoms with van der Waals surface area (Å²) in [6.07, 6.45) is 3.76. The maximum atomic E-state index is 14.0. The summed E-state index contributed by atoms with van der Waals surface area (Å²) in [5.74, 6) is -0.389. The molecular weight excluding hydrogens is 614 g/mol. The van der Waals surface area contributed by atoms with Crippen molar-refractivity contribution in [2.75, 3.05) is 23.7 Å². The Labute approximate surface area is 259 Å². The molecule has 0 aliphatic heterocycles. The number of nitrogens with zero attached hydrogens (tertiary/aromatic N) is 2. The number of rotatable bonds is 15. The van der Waals surface area contributed by atoms with E-state index in [1.807, 2.05) is 86.6 Å². The van der Waals surface area contributed by atoms with Crippen molar-refractivity contribution in [2.24, 2.45) is 0 Å². The van der Waals surface area contributed by atoms with Crippen LogP contribution in [0.1, 0.15) is 54.9 Å². The van der Waals surface area contributed by atoms with Gasteiger partial charge in [0.25, 0.3) is 0 Å². The number of hydrogen-bond donors (Lipinski definition) is 1. The molecule has 42 heavy (non-hydrogen) atoms. The lowest BCUT2D eigenvalue weighted by Gasteiger charge is -2.32. The van der Waals surface area contributed by atoms with Crippen LogP contribution in [0.25, 0.3) is 0 Å². The van der Waals surface area contributed by atoms with Gasteiger partial charge in [-0.3, -0.25) is 13.9 Å². The lowest BCUT2D eigenvalue weighted by atomic mass is 10.0. The molecule has 0 bridgehead atoms. The van der Waals surface area contributed by atoms with Gasteiger partial charge in [0.15, 0.2) is 0 Å². The first-order valence-corrected chi connectivity index (χ1v) is 17.0. The SMILES string of the molecule is CCCCNC(=O)[C@@H](Cc1ccccc1)N(Cc1cccc(Br)c1)C(=O)CCCN(c1cc(C)ccc1C)S(C)(=O)=O. The molecule has 0 spiro atoms. The van der Waals surface area contributed by atoms with Gasteiger partial charge in [0.05, 0.1) is 11.9 Å². The van der Waals surface area contributed by atoms with Gasteiger partial charge in [0.1, 0.15) is 6.04 Å². The first-order valence-electron chi connectivity index (χ1n) is 14.4. The molecule has 2 amide bonds. The molecule has 3 aromatic carbocycles. The summed E-state index contributed by atoms with van der Waals surface area (Å²) in [4.78, 5) is 29.2. The third-order valence-corrected chi connectivity index (χ3v) is 8.80. The van der Waals surface area contributed by atoms with Crippen LogP contribution < -0.4 is 9.62 Å². The maximum Gasteiger partial charge on any atom is 0.243 e. The van der Waals surface area contributed by atoms with Gasteiger partial charge in [-0.1, -0.05) is 83.9 Å².